The van der Waals surface area contributed by atoms with Crippen LogP contribution in [-0.2, 0) is 15.9 Å². The van der Waals surface area contributed by atoms with E-state index in [-0.39, 0.29) is 17.9 Å². The number of ether oxygens (including phenoxy) is 1. The molecule has 0 radical (unpaired) electrons. The van der Waals surface area contributed by atoms with Crippen LogP contribution in [0.3, 0.4) is 0 Å². The predicted octanol–water partition coefficient (Wildman–Crippen LogP) is 3.51. The van der Waals surface area contributed by atoms with E-state index in [1.807, 2.05) is 52.8 Å². The molecule has 5 nitrogen and oxygen atoms in total. The molecule has 1 amide bonds. The van der Waals surface area contributed by atoms with Crippen molar-refractivity contribution < 1.29 is 27.6 Å². The van der Waals surface area contributed by atoms with Gasteiger partial charge in [0.15, 0.2) is 11.6 Å². The van der Waals surface area contributed by atoms with E-state index in [0.29, 0.717) is 0 Å². The summed E-state index contributed by atoms with van der Waals surface area (Å²) in [5, 5.41) is 2.72. The lowest BCUT2D eigenvalue weighted by Gasteiger charge is -2.32. The van der Waals surface area contributed by atoms with E-state index in [2.05, 4.69) is 5.32 Å². The van der Waals surface area contributed by atoms with Crippen molar-refractivity contribution >= 4 is 18.5 Å². The van der Waals surface area contributed by atoms with Gasteiger partial charge in [0, 0.05) is 12.6 Å². The monoisotopic (exact) mass is 417 g/mol. The van der Waals surface area contributed by atoms with E-state index in [1.54, 1.807) is 0 Å². The Hall–Kier alpha value is -2.45. The molecule has 1 fully saturated rings. The Bertz CT molecular complexity index is 962. The maximum absolute atomic E-state index is 13.6. The summed E-state index contributed by atoms with van der Waals surface area (Å²) in [5.74, 6) is -2.76. The molecule has 1 saturated heterocycles. The van der Waals surface area contributed by atoms with Gasteiger partial charge < -0.3 is 19.4 Å². The third-order valence-corrected chi connectivity index (χ3v) is 5.82. The summed E-state index contributed by atoms with van der Waals surface area (Å²) < 4.78 is 44.1. The van der Waals surface area contributed by atoms with E-state index < -0.39 is 35.9 Å². The first-order valence-corrected chi connectivity index (χ1v) is 9.71. The van der Waals surface area contributed by atoms with Crippen molar-refractivity contribution in [2.24, 2.45) is 0 Å². The van der Waals surface area contributed by atoms with Crippen molar-refractivity contribution in [2.45, 2.75) is 52.4 Å². The number of halogens is 2. The van der Waals surface area contributed by atoms with Crippen LogP contribution in [0.25, 0.3) is 0 Å². The normalized spacial score (nSPS) is 17.1. The van der Waals surface area contributed by atoms with Crippen LogP contribution < -0.4 is 15.5 Å². The third-order valence-electron chi connectivity index (χ3n) is 5.82. The predicted molar refractivity (Wildman–Crippen MR) is 111 cm³/mol. The summed E-state index contributed by atoms with van der Waals surface area (Å²) in [6.07, 6.45) is 0. The van der Waals surface area contributed by atoms with Gasteiger partial charge in [-0.05, 0) is 57.3 Å². The number of carbonyl (C=O) groups is 1. The minimum atomic E-state index is -1.11. The molecule has 3 rings (SSSR count). The van der Waals surface area contributed by atoms with Gasteiger partial charge in [-0.3, -0.25) is 4.79 Å². The zero-order valence-corrected chi connectivity index (χ0v) is 18.1. The summed E-state index contributed by atoms with van der Waals surface area (Å²) in [4.78, 5) is 12.5. The van der Waals surface area contributed by atoms with Gasteiger partial charge in [0.25, 0.3) is 5.91 Å². The van der Waals surface area contributed by atoms with Crippen LogP contribution in [0.2, 0.25) is 0 Å². The van der Waals surface area contributed by atoms with Crippen molar-refractivity contribution in [1.29, 1.82) is 0 Å². The molecule has 30 heavy (non-hydrogen) atoms. The number of amides is 1. The van der Waals surface area contributed by atoms with Crippen LogP contribution in [-0.4, -0.2) is 31.3 Å². The third kappa shape index (κ3) is 4.20. The van der Waals surface area contributed by atoms with Crippen molar-refractivity contribution in [3.8, 4) is 5.75 Å². The van der Waals surface area contributed by atoms with Crippen LogP contribution >= 0.6 is 0 Å². The Morgan fingerprint density at radius 3 is 2.23 bits per heavy atom. The number of nitrogens with one attached hydrogen (secondary N) is 1. The average molecular weight is 417 g/mol. The summed E-state index contributed by atoms with van der Waals surface area (Å²) in [7, 11) is 0.825. The fraction of sp³-hybridized carbons (Fsp3) is 0.409. The summed E-state index contributed by atoms with van der Waals surface area (Å²) >= 11 is 0. The molecule has 160 valence electrons. The number of hydrogen-bond acceptors (Lipinski definition) is 4. The fourth-order valence-electron chi connectivity index (χ4n) is 3.19. The fourth-order valence-corrected chi connectivity index (χ4v) is 3.19. The molecule has 0 spiro atoms. The first-order chi connectivity index (χ1) is 13.9. The Morgan fingerprint density at radius 1 is 1.07 bits per heavy atom. The van der Waals surface area contributed by atoms with E-state index in [0.717, 1.165) is 28.7 Å². The highest BCUT2D eigenvalue weighted by molar-refractivity contribution is 6.62. The zero-order valence-electron chi connectivity index (χ0n) is 18.1. The van der Waals surface area contributed by atoms with E-state index in [1.165, 1.54) is 7.11 Å². The SMILES string of the molecule is COc1cc(F)c(F)cc1C(=O)NCc1ccc(B2OC(C)(C)C(C)(C)O2)cc1C. The minimum absolute atomic E-state index is 0.0285. The van der Waals surface area contributed by atoms with Crippen LogP contribution in [0.5, 0.6) is 5.75 Å². The number of aryl methyl sites for hydroxylation is 1. The van der Waals surface area contributed by atoms with Crippen LogP contribution in [0, 0.1) is 18.6 Å². The molecule has 0 bridgehead atoms. The van der Waals surface area contributed by atoms with Crippen molar-refractivity contribution in [1.82, 2.24) is 5.32 Å². The van der Waals surface area contributed by atoms with Crippen LogP contribution in [0.1, 0.15) is 49.2 Å². The topological polar surface area (TPSA) is 56.8 Å². The molecule has 0 saturated carbocycles. The van der Waals surface area contributed by atoms with Gasteiger partial charge in [0.05, 0.1) is 23.9 Å². The highest BCUT2D eigenvalue weighted by atomic mass is 19.2. The number of hydrogen-bond donors (Lipinski definition) is 1. The molecular formula is C22H26BF2NO4. The molecule has 2 aromatic rings. The van der Waals surface area contributed by atoms with E-state index in [4.69, 9.17) is 14.0 Å². The lowest BCUT2D eigenvalue weighted by atomic mass is 9.78. The molecule has 1 N–H and O–H groups in total. The van der Waals surface area contributed by atoms with E-state index >= 15 is 0 Å². The standard InChI is InChI=1S/C22H26BF2NO4/c1-13-9-15(23-29-21(2,3)22(4,5)30-23)8-7-14(13)12-26-20(27)16-10-17(24)18(25)11-19(16)28-6/h7-11H,12H2,1-6H3,(H,26,27). The number of rotatable bonds is 5. The molecule has 1 aliphatic heterocycles. The average Bonchev–Trinajstić information content (AvgIpc) is 2.89. The van der Waals surface area contributed by atoms with Crippen molar-refractivity contribution in [2.75, 3.05) is 7.11 Å². The molecular weight excluding hydrogens is 391 g/mol. The van der Waals surface area contributed by atoms with Crippen molar-refractivity contribution in [3.05, 3.63) is 58.7 Å². The van der Waals surface area contributed by atoms with E-state index in [9.17, 15) is 13.6 Å². The Kier molecular flexibility index (Phi) is 5.93. The van der Waals surface area contributed by atoms with Gasteiger partial charge in [0.1, 0.15) is 5.75 Å². The second-order valence-electron chi connectivity index (χ2n) is 8.42. The molecule has 2 aromatic carbocycles. The zero-order chi connectivity index (χ0) is 22.3. The lowest BCUT2D eigenvalue weighted by Crippen LogP contribution is -2.41. The highest BCUT2D eigenvalue weighted by Crippen LogP contribution is 2.36. The summed E-state index contributed by atoms with van der Waals surface area (Å²) in [5.41, 5.74) is 1.79. The first-order valence-electron chi connectivity index (χ1n) is 9.71. The summed E-state index contributed by atoms with van der Waals surface area (Å²) in [6, 6.07) is 7.43. The molecule has 8 heteroatoms. The maximum atomic E-state index is 13.6. The Morgan fingerprint density at radius 2 is 1.67 bits per heavy atom. The van der Waals surface area contributed by atoms with Crippen LogP contribution in [0.4, 0.5) is 8.78 Å². The summed E-state index contributed by atoms with van der Waals surface area (Å²) in [6.45, 7) is 10.1. The van der Waals surface area contributed by atoms with Gasteiger partial charge in [0.2, 0.25) is 0 Å². The van der Waals surface area contributed by atoms with Gasteiger partial charge in [-0.25, -0.2) is 8.78 Å². The highest BCUT2D eigenvalue weighted by Gasteiger charge is 2.51. The largest absolute Gasteiger partial charge is 0.496 e. The van der Waals surface area contributed by atoms with Gasteiger partial charge in [-0.2, -0.15) is 0 Å². The smallest absolute Gasteiger partial charge is 0.494 e. The van der Waals surface area contributed by atoms with Crippen LogP contribution in [0.15, 0.2) is 30.3 Å². The molecule has 0 atom stereocenters. The second-order valence-corrected chi connectivity index (χ2v) is 8.42. The molecule has 1 aliphatic rings. The molecule has 0 unspecified atom stereocenters. The van der Waals surface area contributed by atoms with Gasteiger partial charge in [-0.15, -0.1) is 0 Å². The first kappa shape index (κ1) is 22.2. The Labute approximate surface area is 175 Å². The number of methoxy groups -OCH3 is 1. The van der Waals surface area contributed by atoms with Gasteiger partial charge in [-0.1, -0.05) is 18.2 Å². The number of carbonyl (C=O) groups excluding carboxylic acids is 1. The maximum Gasteiger partial charge on any atom is 0.494 e. The van der Waals surface area contributed by atoms with Gasteiger partial charge >= 0.3 is 7.12 Å². The minimum Gasteiger partial charge on any atom is -0.496 e. The number of benzene rings is 2. The molecule has 0 aliphatic carbocycles. The lowest BCUT2D eigenvalue weighted by molar-refractivity contribution is 0.00578. The quantitative estimate of drug-likeness (QED) is 0.757. The Balaban J connectivity index is 1.72. The molecule has 0 aromatic heterocycles. The van der Waals surface area contributed by atoms with Crippen molar-refractivity contribution in [3.63, 3.8) is 0 Å². The molecule has 1 heterocycles. The second kappa shape index (κ2) is 8.00.